The number of ketones is 1. The van der Waals surface area contributed by atoms with Gasteiger partial charge in [-0.1, -0.05) is 0 Å². The topological polar surface area (TPSA) is 99.7 Å². The second-order valence-corrected chi connectivity index (χ2v) is 6.85. The highest BCUT2D eigenvalue weighted by Crippen LogP contribution is 2.43. The molecule has 2 saturated heterocycles. The summed E-state index contributed by atoms with van der Waals surface area (Å²) < 4.78 is 5.42. The largest absolute Gasteiger partial charge is 0.481 e. The Bertz CT molecular complexity index is 723. The minimum Gasteiger partial charge on any atom is -0.481 e. The van der Waals surface area contributed by atoms with E-state index in [0.717, 1.165) is 0 Å². The number of aromatic amines is 1. The van der Waals surface area contributed by atoms with Crippen molar-refractivity contribution < 1.29 is 24.2 Å². The molecule has 2 aliphatic rings. The van der Waals surface area contributed by atoms with E-state index in [4.69, 9.17) is 4.74 Å². The summed E-state index contributed by atoms with van der Waals surface area (Å²) >= 11 is 0. The first-order valence-electron chi connectivity index (χ1n) is 8.08. The Morgan fingerprint density at radius 3 is 2.58 bits per heavy atom. The van der Waals surface area contributed by atoms with Gasteiger partial charge in [-0.25, -0.2) is 0 Å². The minimum absolute atomic E-state index is 0.0919. The van der Waals surface area contributed by atoms with Crippen LogP contribution in [0.1, 0.15) is 45.4 Å². The third-order valence-electron chi connectivity index (χ3n) is 5.42. The molecule has 7 nitrogen and oxygen atoms in total. The molecule has 0 radical (unpaired) electrons. The van der Waals surface area contributed by atoms with Crippen molar-refractivity contribution in [3.8, 4) is 0 Å². The molecule has 0 aromatic carbocycles. The zero-order valence-electron chi connectivity index (χ0n) is 14.1. The van der Waals surface area contributed by atoms with Gasteiger partial charge in [0.15, 0.2) is 5.78 Å². The zero-order chi connectivity index (χ0) is 17.6. The van der Waals surface area contributed by atoms with E-state index in [-0.39, 0.29) is 24.2 Å². The van der Waals surface area contributed by atoms with E-state index in [1.165, 1.54) is 6.92 Å². The molecule has 3 heterocycles. The molecule has 1 aromatic heterocycles. The van der Waals surface area contributed by atoms with Gasteiger partial charge in [0.2, 0.25) is 0 Å². The predicted octanol–water partition coefficient (Wildman–Crippen LogP) is 1.40. The van der Waals surface area contributed by atoms with Crippen LogP contribution in [0.15, 0.2) is 0 Å². The summed E-state index contributed by atoms with van der Waals surface area (Å²) in [6.07, 6.45) is 0.415. The highest BCUT2D eigenvalue weighted by molar-refractivity contribution is 6.02. The average Bonchev–Trinajstić information content (AvgIpc) is 3.05. The number of Topliss-reactive ketones (excluding diaryl/α,β-unsaturated/α-hetero) is 1. The van der Waals surface area contributed by atoms with Gasteiger partial charge in [0.05, 0.1) is 12.0 Å². The van der Waals surface area contributed by atoms with Gasteiger partial charge in [0.25, 0.3) is 5.91 Å². The smallest absolute Gasteiger partial charge is 0.311 e. The Morgan fingerprint density at radius 1 is 1.33 bits per heavy atom. The molecule has 0 aliphatic carbocycles. The van der Waals surface area contributed by atoms with Crippen LogP contribution in [0, 0.1) is 25.2 Å². The fourth-order valence-corrected chi connectivity index (χ4v) is 4.10. The number of amides is 1. The van der Waals surface area contributed by atoms with Gasteiger partial charge < -0.3 is 19.7 Å². The number of fused-ring (bicyclic) bond motifs is 1. The van der Waals surface area contributed by atoms with Crippen molar-refractivity contribution in [1.82, 2.24) is 9.88 Å². The first kappa shape index (κ1) is 16.7. The molecule has 2 fully saturated rings. The lowest BCUT2D eigenvalue weighted by atomic mass is 9.74. The van der Waals surface area contributed by atoms with Gasteiger partial charge >= 0.3 is 5.97 Å². The summed E-state index contributed by atoms with van der Waals surface area (Å²) in [5.74, 6) is -1.41. The van der Waals surface area contributed by atoms with Crippen LogP contribution in [-0.2, 0) is 9.53 Å². The molecular weight excluding hydrogens is 312 g/mol. The highest BCUT2D eigenvalue weighted by atomic mass is 16.5. The number of carboxylic acids is 1. The number of nitrogens with one attached hydrogen (secondary N) is 1. The molecule has 24 heavy (non-hydrogen) atoms. The lowest BCUT2D eigenvalue weighted by molar-refractivity contribution is -0.157. The predicted molar refractivity (Wildman–Crippen MR) is 85.2 cm³/mol. The molecule has 0 spiro atoms. The van der Waals surface area contributed by atoms with Crippen LogP contribution in [0.4, 0.5) is 0 Å². The molecule has 1 aromatic rings. The summed E-state index contributed by atoms with van der Waals surface area (Å²) in [6.45, 7) is 6.28. The van der Waals surface area contributed by atoms with Crippen molar-refractivity contribution in [2.24, 2.45) is 11.3 Å². The lowest BCUT2D eigenvalue weighted by Crippen LogP contribution is -2.45. The molecule has 7 heteroatoms. The number of rotatable bonds is 3. The van der Waals surface area contributed by atoms with Gasteiger partial charge in [0, 0.05) is 36.9 Å². The quantitative estimate of drug-likeness (QED) is 0.814. The number of carboxylic acid groups (broad SMARTS) is 1. The maximum Gasteiger partial charge on any atom is 0.311 e. The first-order valence-corrected chi connectivity index (χ1v) is 8.08. The standard InChI is InChI=1S/C17H22N2O5/c1-9-13(11(3)20)10(2)18-14(9)15(21)19-6-12-7-24-5-4-17(12,8-19)16(22)23/h12,18H,4-8H2,1-3H3,(H,22,23)/t12-,17+/m0/s1. The molecule has 3 rings (SSSR count). The van der Waals surface area contributed by atoms with Crippen LogP contribution in [-0.4, -0.2) is 59.0 Å². The number of carbonyl (C=O) groups is 3. The second-order valence-electron chi connectivity index (χ2n) is 6.85. The second kappa shape index (κ2) is 5.73. The van der Waals surface area contributed by atoms with Crippen LogP contribution in [0.2, 0.25) is 0 Å². The molecule has 2 aliphatic heterocycles. The number of ether oxygens (including phenoxy) is 1. The van der Waals surface area contributed by atoms with Crippen molar-refractivity contribution in [2.75, 3.05) is 26.3 Å². The van der Waals surface area contributed by atoms with Gasteiger partial charge in [-0.2, -0.15) is 0 Å². The van der Waals surface area contributed by atoms with E-state index in [1.807, 2.05) is 0 Å². The summed E-state index contributed by atoms with van der Waals surface area (Å²) in [5, 5.41) is 9.70. The van der Waals surface area contributed by atoms with Crippen LogP contribution in [0.5, 0.6) is 0 Å². The Morgan fingerprint density at radius 2 is 2.04 bits per heavy atom. The van der Waals surface area contributed by atoms with Gasteiger partial charge in [-0.05, 0) is 32.8 Å². The normalized spacial score (nSPS) is 26.3. The molecule has 0 unspecified atom stereocenters. The van der Waals surface area contributed by atoms with E-state index in [0.29, 0.717) is 48.7 Å². The van der Waals surface area contributed by atoms with Crippen molar-refractivity contribution in [1.29, 1.82) is 0 Å². The van der Waals surface area contributed by atoms with Crippen molar-refractivity contribution in [2.45, 2.75) is 27.2 Å². The maximum atomic E-state index is 12.9. The van der Waals surface area contributed by atoms with Gasteiger partial charge in [-0.3, -0.25) is 14.4 Å². The molecular formula is C17H22N2O5. The fourth-order valence-electron chi connectivity index (χ4n) is 4.10. The van der Waals surface area contributed by atoms with Crippen LogP contribution in [0.25, 0.3) is 0 Å². The third kappa shape index (κ3) is 2.34. The molecule has 1 amide bonds. The van der Waals surface area contributed by atoms with E-state index in [2.05, 4.69) is 4.98 Å². The Balaban J connectivity index is 1.91. The Labute approximate surface area is 140 Å². The van der Waals surface area contributed by atoms with E-state index in [1.54, 1.807) is 18.7 Å². The number of carbonyl (C=O) groups excluding carboxylic acids is 2. The maximum absolute atomic E-state index is 12.9. The van der Waals surface area contributed by atoms with Gasteiger partial charge in [-0.15, -0.1) is 0 Å². The molecule has 2 atom stereocenters. The summed E-state index contributed by atoms with van der Waals surface area (Å²) in [7, 11) is 0. The number of aromatic nitrogens is 1. The van der Waals surface area contributed by atoms with Crippen molar-refractivity contribution in [3.63, 3.8) is 0 Å². The number of nitrogens with zero attached hydrogens (tertiary/aromatic N) is 1. The SMILES string of the molecule is CC(=O)c1c(C)[nH]c(C(=O)N2C[C@H]3COCC[C@@]3(C(=O)O)C2)c1C. The number of hydrogen-bond acceptors (Lipinski definition) is 4. The van der Waals surface area contributed by atoms with Crippen molar-refractivity contribution in [3.05, 3.63) is 22.5 Å². The van der Waals surface area contributed by atoms with Crippen molar-refractivity contribution >= 4 is 17.7 Å². The molecule has 0 bridgehead atoms. The first-order chi connectivity index (χ1) is 11.3. The Kier molecular flexibility index (Phi) is 3.99. The average molecular weight is 334 g/mol. The summed E-state index contributed by atoms with van der Waals surface area (Å²) in [6, 6.07) is 0. The van der Waals surface area contributed by atoms with E-state index >= 15 is 0 Å². The minimum atomic E-state index is -0.924. The zero-order valence-corrected chi connectivity index (χ0v) is 14.1. The van der Waals surface area contributed by atoms with Crippen LogP contribution < -0.4 is 0 Å². The molecule has 2 N–H and O–H groups in total. The molecule has 130 valence electrons. The monoisotopic (exact) mass is 334 g/mol. The number of H-pyrrole nitrogens is 1. The van der Waals surface area contributed by atoms with Crippen LogP contribution >= 0.6 is 0 Å². The summed E-state index contributed by atoms with van der Waals surface area (Å²) in [4.78, 5) is 41.1. The fraction of sp³-hybridized carbons (Fsp3) is 0.588. The van der Waals surface area contributed by atoms with E-state index in [9.17, 15) is 19.5 Å². The van der Waals surface area contributed by atoms with Gasteiger partial charge in [0.1, 0.15) is 5.69 Å². The lowest BCUT2D eigenvalue weighted by Gasteiger charge is -2.33. The number of aliphatic carboxylic acids is 1. The van der Waals surface area contributed by atoms with Crippen LogP contribution in [0.3, 0.4) is 0 Å². The summed E-state index contributed by atoms with van der Waals surface area (Å²) in [5.41, 5.74) is 1.27. The number of likely N-dealkylation sites (tertiary alicyclic amines) is 1. The Hall–Kier alpha value is -2.15. The molecule has 0 saturated carbocycles. The number of hydrogen-bond donors (Lipinski definition) is 2. The van der Waals surface area contributed by atoms with E-state index < -0.39 is 11.4 Å². The highest BCUT2D eigenvalue weighted by Gasteiger charge is 2.55. The number of aryl methyl sites for hydroxylation is 1. The third-order valence-corrected chi connectivity index (χ3v) is 5.42.